The minimum absolute atomic E-state index is 0.201. The molecule has 258 valence electrons. The van der Waals surface area contributed by atoms with Crippen LogP contribution in [0, 0.1) is 0 Å². The van der Waals surface area contributed by atoms with Crippen LogP contribution in [0.5, 0.6) is 0 Å². The number of ether oxygens (including phenoxy) is 2. The Kier molecular flexibility index (Phi) is 30.5. The first-order chi connectivity index (χ1) is 21.3. The van der Waals surface area contributed by atoms with Gasteiger partial charge < -0.3 is 19.3 Å². The number of allylic oxidation sites excluding steroid dienone is 4. The third-order valence-electron chi connectivity index (χ3n) is 7.42. The number of phosphoric ester groups is 1. The van der Waals surface area contributed by atoms with Crippen LogP contribution in [-0.2, 0) is 28.2 Å². The predicted octanol–water partition coefficient (Wildman–Crippen LogP) is 10.1. The summed E-state index contributed by atoms with van der Waals surface area (Å²) >= 11 is 0. The largest absolute Gasteiger partial charge is 0.469 e. The lowest BCUT2D eigenvalue weighted by Crippen LogP contribution is -2.29. The molecule has 0 spiro atoms. The Morgan fingerprint density at radius 3 is 1.48 bits per heavy atom. The maximum absolute atomic E-state index is 12.3. The Bertz CT molecular complexity index is 777. The number of rotatable bonds is 32. The molecule has 0 aliphatic carbocycles. The van der Waals surface area contributed by atoms with Gasteiger partial charge in [-0.2, -0.15) is 0 Å². The molecule has 2 N–H and O–H groups in total. The maximum atomic E-state index is 12.3. The van der Waals surface area contributed by atoms with E-state index in [2.05, 4.69) is 42.7 Å². The first-order valence-electron chi connectivity index (χ1n) is 17.6. The average Bonchev–Trinajstić information content (AvgIpc) is 2.98. The van der Waals surface area contributed by atoms with Gasteiger partial charge in [-0.15, -0.1) is 0 Å². The minimum atomic E-state index is -4.75. The number of carbonyl (C=O) groups is 2. The zero-order chi connectivity index (χ0) is 32.6. The number of unbranched alkanes of at least 4 members (excludes halogenated alkanes) is 18. The second kappa shape index (κ2) is 31.5. The Hall–Kier alpha value is -1.47. The summed E-state index contributed by atoms with van der Waals surface area (Å²) in [6.07, 6.45) is 33.3. The molecule has 0 aromatic rings. The van der Waals surface area contributed by atoms with Gasteiger partial charge in [-0.25, -0.2) is 4.57 Å². The highest BCUT2D eigenvalue weighted by atomic mass is 31.2. The van der Waals surface area contributed by atoms with Crippen molar-refractivity contribution in [1.29, 1.82) is 0 Å². The topological polar surface area (TPSA) is 119 Å². The van der Waals surface area contributed by atoms with Gasteiger partial charge in [0.15, 0.2) is 6.10 Å². The van der Waals surface area contributed by atoms with Gasteiger partial charge >= 0.3 is 19.8 Å². The zero-order valence-electron chi connectivity index (χ0n) is 28.1. The van der Waals surface area contributed by atoms with E-state index in [1.807, 2.05) is 0 Å². The minimum Gasteiger partial charge on any atom is -0.462 e. The molecule has 8 nitrogen and oxygen atoms in total. The standard InChI is InChI=1S/C35H65O8P/c1-3-5-7-9-11-13-15-16-17-18-19-20-22-24-26-28-30-35(37)43-33(32-42-44(38,39)40)31-41-34(36)29-27-25-23-21-14-12-10-8-6-4-2/h8,10,17-18,33H,3-7,9,11-16,19-32H2,1-2H3,(H2,38,39,40)/b10-8-,18-17-. The van der Waals surface area contributed by atoms with Crippen molar-refractivity contribution in [2.75, 3.05) is 13.2 Å². The molecule has 0 rings (SSSR count). The van der Waals surface area contributed by atoms with E-state index >= 15 is 0 Å². The van der Waals surface area contributed by atoms with Crippen LogP contribution in [0.3, 0.4) is 0 Å². The Labute approximate surface area is 269 Å². The molecule has 0 aliphatic rings. The number of hydrogen-bond acceptors (Lipinski definition) is 6. The van der Waals surface area contributed by atoms with Gasteiger partial charge in [0.05, 0.1) is 6.61 Å². The second-order valence-corrected chi connectivity index (χ2v) is 13.1. The summed E-state index contributed by atoms with van der Waals surface area (Å²) in [5.41, 5.74) is 0. The average molecular weight is 645 g/mol. The predicted molar refractivity (Wildman–Crippen MR) is 179 cm³/mol. The van der Waals surface area contributed by atoms with Gasteiger partial charge in [0.2, 0.25) is 0 Å². The van der Waals surface area contributed by atoms with Crippen molar-refractivity contribution in [1.82, 2.24) is 0 Å². The van der Waals surface area contributed by atoms with Crippen LogP contribution < -0.4 is 0 Å². The molecule has 0 bridgehead atoms. The zero-order valence-corrected chi connectivity index (χ0v) is 29.0. The van der Waals surface area contributed by atoms with Gasteiger partial charge in [-0.1, -0.05) is 122 Å². The Morgan fingerprint density at radius 2 is 1.00 bits per heavy atom. The van der Waals surface area contributed by atoms with Crippen molar-refractivity contribution in [3.8, 4) is 0 Å². The summed E-state index contributed by atoms with van der Waals surface area (Å²) in [7, 11) is -4.75. The van der Waals surface area contributed by atoms with E-state index in [1.54, 1.807) is 0 Å². The van der Waals surface area contributed by atoms with Crippen LogP contribution in [0.2, 0.25) is 0 Å². The quantitative estimate of drug-likeness (QED) is 0.0321. The third kappa shape index (κ3) is 33.4. The summed E-state index contributed by atoms with van der Waals surface area (Å²) < 4.78 is 26.2. The van der Waals surface area contributed by atoms with E-state index in [-0.39, 0.29) is 19.4 Å². The summed E-state index contributed by atoms with van der Waals surface area (Å²) in [5, 5.41) is 0. The Balaban J connectivity index is 3.99. The first kappa shape index (κ1) is 42.5. The van der Waals surface area contributed by atoms with Crippen molar-refractivity contribution in [2.24, 2.45) is 0 Å². The summed E-state index contributed by atoms with van der Waals surface area (Å²) in [4.78, 5) is 42.5. The highest BCUT2D eigenvalue weighted by Gasteiger charge is 2.22. The maximum Gasteiger partial charge on any atom is 0.469 e. The van der Waals surface area contributed by atoms with Gasteiger partial charge in [0, 0.05) is 12.8 Å². The molecule has 0 radical (unpaired) electrons. The highest BCUT2D eigenvalue weighted by Crippen LogP contribution is 2.36. The van der Waals surface area contributed by atoms with Crippen LogP contribution in [-0.4, -0.2) is 41.0 Å². The van der Waals surface area contributed by atoms with Crippen LogP contribution in [0.1, 0.15) is 168 Å². The molecular formula is C35H65O8P. The van der Waals surface area contributed by atoms with E-state index in [0.717, 1.165) is 70.6 Å². The van der Waals surface area contributed by atoms with Gasteiger partial charge in [0.1, 0.15) is 6.61 Å². The van der Waals surface area contributed by atoms with Crippen molar-refractivity contribution in [3.63, 3.8) is 0 Å². The number of phosphoric acid groups is 1. The second-order valence-electron chi connectivity index (χ2n) is 11.8. The molecular weight excluding hydrogens is 579 g/mol. The fraction of sp³-hybridized carbons (Fsp3) is 0.829. The van der Waals surface area contributed by atoms with Crippen molar-refractivity contribution in [2.45, 2.75) is 174 Å². The lowest BCUT2D eigenvalue weighted by Gasteiger charge is -2.18. The van der Waals surface area contributed by atoms with Crippen molar-refractivity contribution >= 4 is 19.8 Å². The molecule has 1 unspecified atom stereocenters. The first-order valence-corrected chi connectivity index (χ1v) is 19.2. The SMILES string of the molecule is CCC/C=C\CCCCCCCC(=O)OCC(COP(=O)(O)O)OC(=O)CCCCCCC/C=C\CCCCCCCCC. The molecule has 0 amide bonds. The smallest absolute Gasteiger partial charge is 0.462 e. The van der Waals surface area contributed by atoms with Crippen LogP contribution in [0.15, 0.2) is 24.3 Å². The van der Waals surface area contributed by atoms with Crippen LogP contribution in [0.25, 0.3) is 0 Å². The van der Waals surface area contributed by atoms with E-state index in [9.17, 15) is 14.2 Å². The molecule has 0 saturated heterocycles. The third-order valence-corrected chi connectivity index (χ3v) is 7.91. The molecule has 0 saturated carbocycles. The number of hydrogen-bond donors (Lipinski definition) is 2. The lowest BCUT2D eigenvalue weighted by atomic mass is 10.1. The van der Waals surface area contributed by atoms with Crippen molar-refractivity contribution in [3.05, 3.63) is 24.3 Å². The van der Waals surface area contributed by atoms with E-state index in [4.69, 9.17) is 19.3 Å². The molecule has 44 heavy (non-hydrogen) atoms. The highest BCUT2D eigenvalue weighted by molar-refractivity contribution is 7.46. The van der Waals surface area contributed by atoms with E-state index < -0.39 is 32.5 Å². The lowest BCUT2D eigenvalue weighted by molar-refractivity contribution is -0.161. The van der Waals surface area contributed by atoms with Gasteiger partial charge in [-0.05, 0) is 57.8 Å². The number of esters is 2. The van der Waals surface area contributed by atoms with Crippen LogP contribution >= 0.6 is 7.82 Å². The molecule has 1 atom stereocenters. The molecule has 0 heterocycles. The fourth-order valence-corrected chi connectivity index (χ4v) is 5.14. The fourth-order valence-electron chi connectivity index (χ4n) is 4.78. The van der Waals surface area contributed by atoms with Gasteiger partial charge in [-0.3, -0.25) is 14.1 Å². The molecule has 0 aliphatic heterocycles. The van der Waals surface area contributed by atoms with E-state index in [0.29, 0.717) is 12.8 Å². The number of carbonyl (C=O) groups excluding carboxylic acids is 2. The van der Waals surface area contributed by atoms with Crippen molar-refractivity contribution < 1.29 is 37.9 Å². The van der Waals surface area contributed by atoms with E-state index in [1.165, 1.54) is 57.8 Å². The molecule has 0 aromatic carbocycles. The summed E-state index contributed by atoms with van der Waals surface area (Å²) in [6.45, 7) is 3.58. The summed E-state index contributed by atoms with van der Waals surface area (Å²) in [5.74, 6) is -0.907. The Morgan fingerprint density at radius 1 is 0.568 bits per heavy atom. The monoisotopic (exact) mass is 644 g/mol. The normalized spacial score (nSPS) is 12.7. The molecule has 0 aromatic heterocycles. The van der Waals surface area contributed by atoms with Crippen LogP contribution in [0.4, 0.5) is 0 Å². The molecule has 9 heteroatoms. The molecule has 0 fully saturated rings. The summed E-state index contributed by atoms with van der Waals surface area (Å²) in [6, 6.07) is 0. The van der Waals surface area contributed by atoms with Gasteiger partial charge in [0.25, 0.3) is 0 Å².